The third kappa shape index (κ3) is 2.13. The van der Waals surface area contributed by atoms with Crippen LogP contribution in [-0.2, 0) is 4.79 Å². The van der Waals surface area contributed by atoms with Crippen molar-refractivity contribution in [2.45, 2.75) is 31.4 Å². The summed E-state index contributed by atoms with van der Waals surface area (Å²) in [4.78, 5) is 11.0. The van der Waals surface area contributed by atoms with Gasteiger partial charge in [-0.15, -0.1) is 0 Å². The number of alkyl halides is 2. The van der Waals surface area contributed by atoms with Gasteiger partial charge in [0.25, 0.3) is 5.92 Å². The van der Waals surface area contributed by atoms with Crippen molar-refractivity contribution in [2.75, 3.05) is 6.54 Å². The second-order valence-electron chi connectivity index (χ2n) is 3.84. The summed E-state index contributed by atoms with van der Waals surface area (Å²) in [5, 5.41) is 2.00. The van der Waals surface area contributed by atoms with Gasteiger partial charge in [0.2, 0.25) is 5.91 Å². The monoisotopic (exact) mass is 209 g/mol. The van der Waals surface area contributed by atoms with E-state index in [1.54, 1.807) is 6.92 Å². The summed E-state index contributed by atoms with van der Waals surface area (Å²) in [6, 6.07) is 0. The van der Waals surface area contributed by atoms with Crippen LogP contribution in [0.15, 0.2) is 0 Å². The van der Waals surface area contributed by atoms with Gasteiger partial charge in [-0.3, -0.25) is 4.79 Å². The molecule has 2 unspecified atom stereocenters. The van der Waals surface area contributed by atoms with Crippen molar-refractivity contribution in [2.24, 2.45) is 5.41 Å². The minimum absolute atomic E-state index is 0.0315. The number of amides is 1. The van der Waals surface area contributed by atoms with Gasteiger partial charge in [0.15, 0.2) is 0 Å². The average Bonchev–Trinajstić information content (AvgIpc) is 2.47. The van der Waals surface area contributed by atoms with E-state index in [9.17, 15) is 13.6 Å². The van der Waals surface area contributed by atoms with Crippen molar-refractivity contribution in [1.29, 1.82) is 0 Å². The molecular weight excluding hydrogens is 196 g/mol. The highest BCUT2D eigenvalue weighted by Gasteiger charge is 2.67. The molecule has 5 heteroatoms. The van der Waals surface area contributed by atoms with Crippen LogP contribution in [0.2, 0.25) is 0 Å². The van der Waals surface area contributed by atoms with E-state index in [0.717, 1.165) is 0 Å². The first-order chi connectivity index (χ1) is 5.78. The minimum Gasteiger partial charge on any atom is -0.354 e. The van der Waals surface area contributed by atoms with E-state index in [-0.39, 0.29) is 18.9 Å². The number of halogens is 2. The summed E-state index contributed by atoms with van der Waals surface area (Å²) in [5.74, 6) is -2.91. The molecule has 0 bridgehead atoms. The van der Waals surface area contributed by atoms with Gasteiger partial charge in [0.05, 0.1) is 10.7 Å². The van der Waals surface area contributed by atoms with Crippen LogP contribution in [0, 0.1) is 5.41 Å². The number of carbonyl (C=O) groups excluding carboxylic acids is 1. The number of thiol groups is 1. The van der Waals surface area contributed by atoms with Crippen molar-refractivity contribution >= 4 is 18.5 Å². The van der Waals surface area contributed by atoms with Crippen LogP contribution in [-0.4, -0.2) is 23.6 Å². The van der Waals surface area contributed by atoms with Gasteiger partial charge >= 0.3 is 0 Å². The quantitative estimate of drug-likeness (QED) is 0.677. The second-order valence-corrected chi connectivity index (χ2v) is 4.61. The maximum atomic E-state index is 12.7. The molecule has 1 aliphatic carbocycles. The third-order valence-corrected chi connectivity index (χ3v) is 2.64. The zero-order valence-corrected chi connectivity index (χ0v) is 8.50. The van der Waals surface area contributed by atoms with Crippen LogP contribution < -0.4 is 5.32 Å². The molecule has 1 saturated carbocycles. The lowest BCUT2D eigenvalue weighted by molar-refractivity contribution is -0.120. The molecule has 2 atom stereocenters. The molecule has 0 aliphatic heterocycles. The van der Waals surface area contributed by atoms with Crippen LogP contribution >= 0.6 is 12.6 Å². The number of hydrogen-bond donors (Lipinski definition) is 2. The fourth-order valence-corrected chi connectivity index (χ4v) is 1.16. The van der Waals surface area contributed by atoms with E-state index in [1.807, 2.05) is 0 Å². The van der Waals surface area contributed by atoms with Crippen LogP contribution in [0.4, 0.5) is 8.78 Å². The maximum absolute atomic E-state index is 12.7. The van der Waals surface area contributed by atoms with E-state index in [0.29, 0.717) is 0 Å². The molecule has 1 fully saturated rings. The Labute approximate surface area is 81.5 Å². The zero-order chi connectivity index (χ0) is 10.3. The Kier molecular flexibility index (Phi) is 2.58. The lowest BCUT2D eigenvalue weighted by atomic mass is 10.1. The number of carbonyl (C=O) groups is 1. The van der Waals surface area contributed by atoms with E-state index in [4.69, 9.17) is 0 Å². The molecule has 1 amide bonds. The van der Waals surface area contributed by atoms with Crippen LogP contribution in [0.3, 0.4) is 0 Å². The van der Waals surface area contributed by atoms with Crippen molar-refractivity contribution < 1.29 is 13.6 Å². The Hall–Kier alpha value is -0.320. The molecule has 13 heavy (non-hydrogen) atoms. The van der Waals surface area contributed by atoms with Crippen LogP contribution in [0.5, 0.6) is 0 Å². The Morgan fingerprint density at radius 3 is 2.46 bits per heavy atom. The molecule has 0 aromatic carbocycles. The average molecular weight is 209 g/mol. The largest absolute Gasteiger partial charge is 0.354 e. The fraction of sp³-hybridized carbons (Fsp3) is 0.875. The van der Waals surface area contributed by atoms with Crippen LogP contribution in [0.25, 0.3) is 0 Å². The zero-order valence-electron chi connectivity index (χ0n) is 7.60. The van der Waals surface area contributed by atoms with Gasteiger partial charge in [-0.1, -0.05) is 6.92 Å². The summed E-state index contributed by atoms with van der Waals surface area (Å²) >= 11 is 3.89. The van der Waals surface area contributed by atoms with E-state index in [2.05, 4.69) is 17.9 Å². The molecule has 0 spiro atoms. The first-order valence-corrected chi connectivity index (χ1v) is 4.64. The predicted molar refractivity (Wildman–Crippen MR) is 49.1 cm³/mol. The standard InChI is InChI=1S/C8H13F2NOS/c1-5(13)6(12)11-4-7(2)3-8(7,9)10/h5,13H,3-4H2,1-2H3,(H,11,12). The van der Waals surface area contributed by atoms with Gasteiger partial charge in [-0.05, 0) is 6.92 Å². The minimum atomic E-state index is -2.61. The molecule has 2 nitrogen and oxygen atoms in total. The predicted octanol–water partition coefficient (Wildman–Crippen LogP) is 1.47. The Bertz CT molecular complexity index is 232. The summed E-state index contributed by atoms with van der Waals surface area (Å²) in [6.45, 7) is 3.10. The molecule has 76 valence electrons. The van der Waals surface area contributed by atoms with Gasteiger partial charge in [0, 0.05) is 13.0 Å². The van der Waals surface area contributed by atoms with Gasteiger partial charge in [-0.2, -0.15) is 12.6 Å². The van der Waals surface area contributed by atoms with Crippen molar-refractivity contribution in [3.8, 4) is 0 Å². The van der Waals surface area contributed by atoms with E-state index in [1.165, 1.54) is 6.92 Å². The molecule has 1 rings (SSSR count). The molecule has 0 aromatic rings. The lowest BCUT2D eigenvalue weighted by Crippen LogP contribution is -2.35. The van der Waals surface area contributed by atoms with Gasteiger partial charge in [0.1, 0.15) is 0 Å². The molecular formula is C8H13F2NOS. The smallest absolute Gasteiger partial charge is 0.256 e. The lowest BCUT2D eigenvalue weighted by Gasteiger charge is -2.12. The SMILES string of the molecule is CC(S)C(=O)NCC1(C)CC1(F)F. The summed E-state index contributed by atoms with van der Waals surface area (Å²) in [7, 11) is 0. The normalized spacial score (nSPS) is 32.4. The number of hydrogen-bond acceptors (Lipinski definition) is 2. The number of nitrogens with one attached hydrogen (secondary N) is 1. The highest BCUT2D eigenvalue weighted by atomic mass is 32.1. The van der Waals surface area contributed by atoms with Gasteiger partial charge in [-0.25, -0.2) is 8.78 Å². The molecule has 0 heterocycles. The molecule has 0 saturated heterocycles. The van der Waals surface area contributed by atoms with E-state index < -0.39 is 16.6 Å². The van der Waals surface area contributed by atoms with Gasteiger partial charge < -0.3 is 5.32 Å². The Morgan fingerprint density at radius 1 is 1.69 bits per heavy atom. The summed E-state index contributed by atoms with van der Waals surface area (Å²) in [5.41, 5.74) is -1.04. The Morgan fingerprint density at radius 2 is 2.15 bits per heavy atom. The highest BCUT2D eigenvalue weighted by molar-refractivity contribution is 7.81. The first kappa shape index (κ1) is 10.8. The molecule has 0 radical (unpaired) electrons. The fourth-order valence-electron chi connectivity index (χ4n) is 1.07. The third-order valence-electron chi connectivity index (χ3n) is 2.40. The topological polar surface area (TPSA) is 29.1 Å². The van der Waals surface area contributed by atoms with E-state index >= 15 is 0 Å². The summed E-state index contributed by atoms with van der Waals surface area (Å²) < 4.78 is 25.3. The molecule has 1 aliphatic rings. The first-order valence-electron chi connectivity index (χ1n) is 4.12. The maximum Gasteiger partial charge on any atom is 0.256 e. The Balaban J connectivity index is 2.33. The highest BCUT2D eigenvalue weighted by Crippen LogP contribution is 2.59. The van der Waals surface area contributed by atoms with Crippen LogP contribution in [0.1, 0.15) is 20.3 Å². The van der Waals surface area contributed by atoms with Crippen molar-refractivity contribution in [3.63, 3.8) is 0 Å². The van der Waals surface area contributed by atoms with Crippen molar-refractivity contribution in [3.05, 3.63) is 0 Å². The summed E-state index contributed by atoms with van der Waals surface area (Å²) in [6.07, 6.45) is -0.138. The second kappa shape index (κ2) is 3.12. The number of rotatable bonds is 3. The molecule has 0 aromatic heterocycles. The van der Waals surface area contributed by atoms with Crippen molar-refractivity contribution in [1.82, 2.24) is 5.32 Å². The molecule has 1 N–H and O–H groups in total.